The minimum absolute atomic E-state index is 0.223. The van der Waals surface area contributed by atoms with Crippen LogP contribution in [-0.4, -0.2) is 47.9 Å². The van der Waals surface area contributed by atoms with Gasteiger partial charge in [-0.1, -0.05) is 62.4 Å². The van der Waals surface area contributed by atoms with Crippen LogP contribution in [0.25, 0.3) is 11.1 Å². The van der Waals surface area contributed by atoms with Crippen molar-refractivity contribution in [3.8, 4) is 11.1 Å². The first-order valence-electron chi connectivity index (χ1n) is 10.7. The van der Waals surface area contributed by atoms with E-state index in [9.17, 15) is 27.6 Å². The smallest absolute Gasteiger partial charge is 0.417 e. The summed E-state index contributed by atoms with van der Waals surface area (Å²) in [6, 6.07) is 11.0. The quantitative estimate of drug-likeness (QED) is 0.531. The van der Waals surface area contributed by atoms with Crippen LogP contribution < -0.4 is 10.6 Å². The molecular formula is C24H25F3N2O5. The Hall–Kier alpha value is -3.56. The number of fused-ring (bicyclic) bond motifs is 3. The molecule has 7 nitrogen and oxygen atoms in total. The SMILES string of the molecule is CC(C)[C@H](CC(=O)O)NC(=O)C(NC(=O)OCC1c2ccccc2-c2ccccc21)C(F)(F)F. The van der Waals surface area contributed by atoms with Crippen LogP contribution >= 0.6 is 0 Å². The molecule has 10 heteroatoms. The number of alkyl carbamates (subject to hydrolysis) is 1. The lowest BCUT2D eigenvalue weighted by atomic mass is 9.98. The monoisotopic (exact) mass is 478 g/mol. The number of hydrogen-bond acceptors (Lipinski definition) is 4. The van der Waals surface area contributed by atoms with E-state index in [1.54, 1.807) is 19.2 Å². The van der Waals surface area contributed by atoms with Crippen molar-refractivity contribution in [1.82, 2.24) is 10.6 Å². The van der Waals surface area contributed by atoms with Gasteiger partial charge in [0.1, 0.15) is 6.61 Å². The van der Waals surface area contributed by atoms with Crippen molar-refractivity contribution in [3.05, 3.63) is 59.7 Å². The highest BCUT2D eigenvalue weighted by molar-refractivity contribution is 5.87. The summed E-state index contributed by atoms with van der Waals surface area (Å²) in [7, 11) is 0. The first kappa shape index (κ1) is 25.1. The van der Waals surface area contributed by atoms with Gasteiger partial charge in [-0.2, -0.15) is 13.2 Å². The fourth-order valence-electron chi connectivity index (χ4n) is 3.96. The van der Waals surface area contributed by atoms with Gasteiger partial charge >= 0.3 is 18.2 Å². The second-order valence-corrected chi connectivity index (χ2v) is 8.40. The number of carbonyl (C=O) groups is 3. The van der Waals surface area contributed by atoms with Gasteiger partial charge in [0, 0.05) is 12.0 Å². The standard InChI is InChI=1S/C24H25F3N2O5/c1-13(2)19(11-20(30)31)28-22(32)21(24(25,26)27)29-23(33)34-12-18-16-9-5-3-7-14(16)15-8-4-6-10-17(15)18/h3-10,13,18-19,21H,11-12H2,1-2H3,(H,28,32)(H,29,33)(H,30,31)/t19-,21?/m0/s1. The summed E-state index contributed by atoms with van der Waals surface area (Å²) in [5, 5.41) is 12.6. The largest absolute Gasteiger partial charge is 0.481 e. The molecule has 2 atom stereocenters. The van der Waals surface area contributed by atoms with Gasteiger partial charge in [-0.15, -0.1) is 0 Å². The normalized spacial score (nSPS) is 14.6. The third-order valence-corrected chi connectivity index (χ3v) is 5.72. The molecule has 3 rings (SSSR count). The Balaban J connectivity index is 1.69. The van der Waals surface area contributed by atoms with Gasteiger partial charge in [0.2, 0.25) is 6.04 Å². The van der Waals surface area contributed by atoms with E-state index < -0.39 is 48.6 Å². The fraction of sp³-hybridized carbons (Fsp3) is 0.375. The molecule has 1 aliphatic rings. The van der Waals surface area contributed by atoms with Crippen LogP contribution in [0.2, 0.25) is 0 Å². The Morgan fingerprint density at radius 1 is 0.971 bits per heavy atom. The first-order chi connectivity index (χ1) is 16.0. The van der Waals surface area contributed by atoms with Crippen molar-refractivity contribution >= 4 is 18.0 Å². The van der Waals surface area contributed by atoms with E-state index in [1.807, 2.05) is 48.5 Å². The second kappa shape index (κ2) is 10.1. The van der Waals surface area contributed by atoms with Crippen LogP contribution in [0, 0.1) is 5.92 Å². The van der Waals surface area contributed by atoms with E-state index >= 15 is 0 Å². The van der Waals surface area contributed by atoms with E-state index in [1.165, 1.54) is 0 Å². The van der Waals surface area contributed by atoms with Crippen LogP contribution in [0.3, 0.4) is 0 Å². The van der Waals surface area contributed by atoms with E-state index in [2.05, 4.69) is 5.32 Å². The Morgan fingerprint density at radius 2 is 1.50 bits per heavy atom. The number of halogens is 3. The highest BCUT2D eigenvalue weighted by Gasteiger charge is 2.47. The van der Waals surface area contributed by atoms with E-state index in [4.69, 9.17) is 9.84 Å². The highest BCUT2D eigenvalue weighted by atomic mass is 19.4. The third kappa shape index (κ3) is 5.67. The highest BCUT2D eigenvalue weighted by Crippen LogP contribution is 2.44. The summed E-state index contributed by atoms with van der Waals surface area (Å²) in [5.41, 5.74) is 3.68. The van der Waals surface area contributed by atoms with E-state index in [0.29, 0.717) is 0 Å². The van der Waals surface area contributed by atoms with Crippen LogP contribution in [0.1, 0.15) is 37.3 Å². The lowest BCUT2D eigenvalue weighted by molar-refractivity contribution is -0.168. The number of ether oxygens (including phenoxy) is 1. The molecule has 182 valence electrons. The molecule has 0 fully saturated rings. The molecule has 0 heterocycles. The molecule has 1 aliphatic carbocycles. The molecule has 0 bridgehead atoms. The van der Waals surface area contributed by atoms with Crippen molar-refractivity contribution < 1.29 is 37.4 Å². The number of alkyl halides is 3. The maximum atomic E-state index is 13.5. The minimum atomic E-state index is -5.11. The number of hydrogen-bond donors (Lipinski definition) is 3. The zero-order valence-electron chi connectivity index (χ0n) is 18.6. The van der Waals surface area contributed by atoms with Crippen molar-refractivity contribution in [2.45, 2.75) is 44.4 Å². The fourth-order valence-corrected chi connectivity index (χ4v) is 3.96. The number of rotatable bonds is 8. The molecule has 3 N–H and O–H groups in total. The Labute approximate surface area is 194 Å². The Kier molecular flexibility index (Phi) is 7.48. The van der Waals surface area contributed by atoms with Gasteiger partial charge in [-0.05, 0) is 28.2 Å². The molecule has 34 heavy (non-hydrogen) atoms. The predicted octanol–water partition coefficient (Wildman–Crippen LogP) is 4.07. The molecule has 0 radical (unpaired) electrons. The average molecular weight is 478 g/mol. The second-order valence-electron chi connectivity index (χ2n) is 8.40. The lowest BCUT2D eigenvalue weighted by Gasteiger charge is -2.26. The van der Waals surface area contributed by atoms with E-state index in [0.717, 1.165) is 22.3 Å². The van der Waals surface area contributed by atoms with Crippen LogP contribution in [0.5, 0.6) is 0 Å². The van der Waals surface area contributed by atoms with Gasteiger partial charge in [-0.25, -0.2) is 4.79 Å². The predicted molar refractivity (Wildman–Crippen MR) is 117 cm³/mol. The van der Waals surface area contributed by atoms with Gasteiger partial charge in [-0.3, -0.25) is 9.59 Å². The maximum absolute atomic E-state index is 13.5. The summed E-state index contributed by atoms with van der Waals surface area (Å²) in [6.45, 7) is 2.91. The molecule has 0 aliphatic heterocycles. The lowest BCUT2D eigenvalue weighted by Crippen LogP contribution is -2.57. The third-order valence-electron chi connectivity index (χ3n) is 5.72. The molecule has 0 spiro atoms. The Morgan fingerprint density at radius 3 is 1.97 bits per heavy atom. The number of benzene rings is 2. The molecule has 2 amide bonds. The number of aliphatic carboxylic acids is 1. The van der Waals surface area contributed by atoms with Crippen LogP contribution in [-0.2, 0) is 14.3 Å². The molecule has 2 aromatic rings. The van der Waals surface area contributed by atoms with Crippen molar-refractivity contribution in [2.24, 2.45) is 5.92 Å². The number of carboxylic acid groups (broad SMARTS) is 1. The first-order valence-corrected chi connectivity index (χ1v) is 10.7. The average Bonchev–Trinajstić information content (AvgIpc) is 3.08. The van der Waals surface area contributed by atoms with Crippen molar-refractivity contribution in [1.29, 1.82) is 0 Å². The van der Waals surface area contributed by atoms with Crippen LogP contribution in [0.15, 0.2) is 48.5 Å². The zero-order valence-corrected chi connectivity index (χ0v) is 18.6. The summed E-state index contributed by atoms with van der Waals surface area (Å²) in [6.07, 6.45) is -7.07. The summed E-state index contributed by atoms with van der Waals surface area (Å²) >= 11 is 0. The summed E-state index contributed by atoms with van der Waals surface area (Å²) in [4.78, 5) is 35.6. The van der Waals surface area contributed by atoms with Crippen molar-refractivity contribution in [2.75, 3.05) is 6.61 Å². The van der Waals surface area contributed by atoms with E-state index in [-0.39, 0.29) is 12.5 Å². The summed E-state index contributed by atoms with van der Waals surface area (Å²) in [5.74, 6) is -3.63. The maximum Gasteiger partial charge on any atom is 0.417 e. The number of nitrogens with one attached hydrogen (secondary N) is 2. The number of carbonyl (C=O) groups excluding carboxylic acids is 2. The molecule has 0 aromatic heterocycles. The topological polar surface area (TPSA) is 105 Å². The number of amides is 2. The van der Waals surface area contributed by atoms with Gasteiger partial charge in [0.15, 0.2) is 0 Å². The molecule has 0 saturated carbocycles. The molecule has 1 unspecified atom stereocenters. The minimum Gasteiger partial charge on any atom is -0.481 e. The van der Waals surface area contributed by atoms with Crippen LogP contribution in [0.4, 0.5) is 18.0 Å². The summed E-state index contributed by atoms with van der Waals surface area (Å²) < 4.78 is 45.7. The Bertz CT molecular complexity index is 1030. The van der Waals surface area contributed by atoms with Gasteiger partial charge in [0.05, 0.1) is 6.42 Å². The van der Waals surface area contributed by atoms with Gasteiger partial charge in [0.25, 0.3) is 5.91 Å². The molecule has 0 saturated heterocycles. The molecule has 2 aromatic carbocycles. The van der Waals surface area contributed by atoms with Gasteiger partial charge < -0.3 is 20.5 Å². The van der Waals surface area contributed by atoms with Crippen molar-refractivity contribution in [3.63, 3.8) is 0 Å². The number of carboxylic acids is 1. The zero-order chi connectivity index (χ0) is 25.0. The molecular weight excluding hydrogens is 453 g/mol.